The Labute approximate surface area is 93.5 Å². The number of hydrogen-bond acceptors (Lipinski definition) is 4. The van der Waals surface area contributed by atoms with Crippen LogP contribution in [-0.4, -0.2) is 29.7 Å². The molecule has 0 aromatic carbocycles. The molecule has 2 rings (SSSR count). The highest BCUT2D eigenvalue weighted by molar-refractivity contribution is 5.05. The van der Waals surface area contributed by atoms with E-state index in [1.165, 1.54) is 0 Å². The first-order chi connectivity index (χ1) is 7.47. The van der Waals surface area contributed by atoms with Crippen molar-refractivity contribution in [2.75, 3.05) is 0 Å². The van der Waals surface area contributed by atoms with Crippen molar-refractivity contribution < 1.29 is 5.11 Å². The van der Waals surface area contributed by atoms with Crippen LogP contribution in [0.25, 0.3) is 0 Å². The Bertz CT molecular complexity index is 479. The van der Waals surface area contributed by atoms with Crippen LogP contribution < -0.4 is 0 Å². The third kappa shape index (κ3) is 2.11. The van der Waals surface area contributed by atoms with Crippen molar-refractivity contribution in [2.24, 2.45) is 7.05 Å². The molecule has 86 valence electrons. The predicted molar refractivity (Wildman–Crippen MR) is 57.6 cm³/mol. The van der Waals surface area contributed by atoms with Gasteiger partial charge in [0.1, 0.15) is 11.3 Å². The number of hydrogen-bond donors (Lipinski definition) is 1. The molecule has 0 bridgehead atoms. The lowest BCUT2D eigenvalue weighted by atomic mass is 10.1. The molecule has 0 saturated carbocycles. The highest BCUT2D eigenvalue weighted by Crippen LogP contribution is 2.15. The third-order valence-corrected chi connectivity index (χ3v) is 2.41. The molecule has 0 atom stereocenters. The molecule has 16 heavy (non-hydrogen) atoms. The van der Waals surface area contributed by atoms with Gasteiger partial charge in [-0.25, -0.2) is 9.67 Å². The molecule has 0 aliphatic heterocycles. The molecule has 0 spiro atoms. The fraction of sp³-hybridized carbons (Fsp3) is 0.500. The minimum atomic E-state index is -0.954. The van der Waals surface area contributed by atoms with Crippen LogP contribution in [0.4, 0.5) is 0 Å². The summed E-state index contributed by atoms with van der Waals surface area (Å²) in [7, 11) is 1.93. The van der Waals surface area contributed by atoms with E-state index in [9.17, 15) is 5.11 Å². The third-order valence-electron chi connectivity index (χ3n) is 2.41. The largest absolute Gasteiger partial charge is 0.384 e. The number of aromatic nitrogens is 5. The molecule has 2 aromatic heterocycles. The van der Waals surface area contributed by atoms with Gasteiger partial charge in [-0.05, 0) is 13.8 Å². The van der Waals surface area contributed by atoms with Gasteiger partial charge in [0.2, 0.25) is 0 Å². The molecule has 0 unspecified atom stereocenters. The summed E-state index contributed by atoms with van der Waals surface area (Å²) in [5, 5.41) is 17.6. The maximum absolute atomic E-state index is 9.75. The fourth-order valence-electron chi connectivity index (χ4n) is 1.36. The molecule has 0 saturated heterocycles. The molecule has 1 N–H and O–H groups in total. The summed E-state index contributed by atoms with van der Waals surface area (Å²) >= 11 is 0. The topological polar surface area (TPSA) is 68.8 Å². The van der Waals surface area contributed by atoms with E-state index in [1.54, 1.807) is 37.3 Å². The Morgan fingerprint density at radius 2 is 2.19 bits per heavy atom. The summed E-state index contributed by atoms with van der Waals surface area (Å²) in [4.78, 5) is 4.03. The Kier molecular flexibility index (Phi) is 2.51. The first-order valence-electron chi connectivity index (χ1n) is 5.05. The lowest BCUT2D eigenvalue weighted by molar-refractivity contribution is 0.0737. The van der Waals surface area contributed by atoms with E-state index in [1.807, 2.05) is 11.6 Å². The van der Waals surface area contributed by atoms with Crippen molar-refractivity contribution in [3.05, 3.63) is 30.1 Å². The molecular weight excluding hydrogens is 206 g/mol. The highest BCUT2D eigenvalue weighted by atomic mass is 16.3. The Balaban J connectivity index is 2.18. The SMILES string of the molecule is Cn1cncc1Cn1cc(C(C)(C)O)nn1. The van der Waals surface area contributed by atoms with Crippen molar-refractivity contribution in [1.82, 2.24) is 24.5 Å². The molecule has 2 aromatic rings. The zero-order valence-corrected chi connectivity index (χ0v) is 9.62. The van der Waals surface area contributed by atoms with Gasteiger partial charge in [-0.2, -0.15) is 0 Å². The smallest absolute Gasteiger partial charge is 0.114 e. The molecule has 2 heterocycles. The van der Waals surface area contributed by atoms with Gasteiger partial charge in [-0.3, -0.25) is 0 Å². The number of aliphatic hydroxyl groups is 1. The second-order valence-corrected chi connectivity index (χ2v) is 4.36. The molecular formula is C10H15N5O. The normalized spacial score (nSPS) is 12.0. The van der Waals surface area contributed by atoms with Gasteiger partial charge in [-0.15, -0.1) is 5.10 Å². The second kappa shape index (κ2) is 3.71. The predicted octanol–water partition coefficient (Wildman–Crippen LogP) is 0.287. The zero-order chi connectivity index (χ0) is 11.8. The average Bonchev–Trinajstić information content (AvgIpc) is 2.76. The fourth-order valence-corrected chi connectivity index (χ4v) is 1.36. The minimum absolute atomic E-state index is 0.565. The quantitative estimate of drug-likeness (QED) is 0.808. The Morgan fingerprint density at radius 3 is 2.69 bits per heavy atom. The maximum Gasteiger partial charge on any atom is 0.114 e. The van der Waals surface area contributed by atoms with E-state index >= 15 is 0 Å². The summed E-state index contributed by atoms with van der Waals surface area (Å²) in [5.41, 5.74) is 0.645. The Hall–Kier alpha value is -1.69. The van der Waals surface area contributed by atoms with Gasteiger partial charge < -0.3 is 9.67 Å². The lowest BCUT2D eigenvalue weighted by Gasteiger charge is -2.11. The standard InChI is InChI=1S/C10H15N5O/c1-10(2,16)9-6-15(13-12-9)5-8-4-11-7-14(8)3/h4,6-7,16H,5H2,1-3H3. The highest BCUT2D eigenvalue weighted by Gasteiger charge is 2.20. The van der Waals surface area contributed by atoms with Crippen LogP contribution in [0.2, 0.25) is 0 Å². The summed E-state index contributed by atoms with van der Waals surface area (Å²) in [6.07, 6.45) is 5.27. The van der Waals surface area contributed by atoms with Crippen LogP contribution >= 0.6 is 0 Å². The van der Waals surface area contributed by atoms with Gasteiger partial charge in [0.15, 0.2) is 0 Å². The average molecular weight is 221 g/mol. The number of imidazole rings is 1. The molecule has 0 radical (unpaired) electrons. The molecule has 0 aliphatic rings. The van der Waals surface area contributed by atoms with Crippen molar-refractivity contribution in [1.29, 1.82) is 0 Å². The van der Waals surface area contributed by atoms with Crippen LogP contribution in [0.1, 0.15) is 25.2 Å². The van der Waals surface area contributed by atoms with Crippen molar-refractivity contribution >= 4 is 0 Å². The van der Waals surface area contributed by atoms with E-state index in [-0.39, 0.29) is 0 Å². The van der Waals surface area contributed by atoms with Crippen molar-refractivity contribution in [3.63, 3.8) is 0 Å². The van der Waals surface area contributed by atoms with Crippen LogP contribution in [0, 0.1) is 0 Å². The van der Waals surface area contributed by atoms with Gasteiger partial charge >= 0.3 is 0 Å². The van der Waals surface area contributed by atoms with E-state index in [4.69, 9.17) is 0 Å². The van der Waals surface area contributed by atoms with Gasteiger partial charge in [-0.1, -0.05) is 5.21 Å². The number of aryl methyl sites for hydroxylation is 1. The maximum atomic E-state index is 9.75. The summed E-state index contributed by atoms with van der Waals surface area (Å²) in [5.74, 6) is 0. The molecule has 0 amide bonds. The monoisotopic (exact) mass is 221 g/mol. The minimum Gasteiger partial charge on any atom is -0.384 e. The van der Waals surface area contributed by atoms with Crippen molar-refractivity contribution in [2.45, 2.75) is 26.0 Å². The second-order valence-electron chi connectivity index (χ2n) is 4.36. The number of nitrogens with zero attached hydrogens (tertiary/aromatic N) is 5. The van der Waals surface area contributed by atoms with Gasteiger partial charge in [0.05, 0.1) is 31.0 Å². The van der Waals surface area contributed by atoms with E-state index < -0.39 is 5.60 Å². The van der Waals surface area contributed by atoms with E-state index in [2.05, 4.69) is 15.3 Å². The van der Waals surface area contributed by atoms with Crippen LogP contribution in [0.5, 0.6) is 0 Å². The van der Waals surface area contributed by atoms with Crippen LogP contribution in [-0.2, 0) is 19.2 Å². The zero-order valence-electron chi connectivity index (χ0n) is 9.62. The molecule has 6 nitrogen and oxygen atoms in total. The van der Waals surface area contributed by atoms with E-state index in [0.717, 1.165) is 5.69 Å². The van der Waals surface area contributed by atoms with Gasteiger partial charge in [0.25, 0.3) is 0 Å². The lowest BCUT2D eigenvalue weighted by Crippen LogP contribution is -2.15. The first kappa shape index (κ1) is 10.8. The number of rotatable bonds is 3. The van der Waals surface area contributed by atoms with Crippen LogP contribution in [0.15, 0.2) is 18.7 Å². The van der Waals surface area contributed by atoms with Gasteiger partial charge in [0, 0.05) is 7.05 Å². The summed E-state index contributed by atoms with van der Waals surface area (Å²) in [6.45, 7) is 3.97. The van der Waals surface area contributed by atoms with E-state index in [0.29, 0.717) is 12.2 Å². The van der Waals surface area contributed by atoms with Crippen molar-refractivity contribution in [3.8, 4) is 0 Å². The molecule has 0 aliphatic carbocycles. The van der Waals surface area contributed by atoms with Crippen LogP contribution in [0.3, 0.4) is 0 Å². The molecule has 0 fully saturated rings. The first-order valence-corrected chi connectivity index (χ1v) is 5.05. The summed E-state index contributed by atoms with van der Waals surface area (Å²) in [6, 6.07) is 0. The Morgan fingerprint density at radius 1 is 1.44 bits per heavy atom. The molecule has 6 heteroatoms. The summed E-state index contributed by atoms with van der Waals surface area (Å²) < 4.78 is 3.61.